The topological polar surface area (TPSA) is 46.5 Å². The van der Waals surface area contributed by atoms with Crippen LogP contribution in [0.25, 0.3) is 10.8 Å². The number of rotatable bonds is 3. The fourth-order valence-electron chi connectivity index (χ4n) is 2.48. The van der Waals surface area contributed by atoms with E-state index in [1.165, 1.54) is 0 Å². The molecule has 112 valence electrons. The van der Waals surface area contributed by atoms with Crippen LogP contribution in [0.2, 0.25) is 13.1 Å². The summed E-state index contributed by atoms with van der Waals surface area (Å²) in [5.74, 6) is -0.387. The highest BCUT2D eigenvalue weighted by atomic mass is 28.3. The molecule has 21 heavy (non-hydrogen) atoms. The fourth-order valence-corrected chi connectivity index (χ4v) is 3.19. The SMILES string of the molecule is C[SiH](C)Oc1c(C(=O)O)c(C(C)(C)C)cc2ccccc12. The van der Waals surface area contributed by atoms with E-state index in [0.717, 1.165) is 16.3 Å². The lowest BCUT2D eigenvalue weighted by Crippen LogP contribution is -2.21. The van der Waals surface area contributed by atoms with Crippen molar-refractivity contribution in [3.05, 3.63) is 41.5 Å². The number of carboxylic acid groups (broad SMARTS) is 1. The lowest BCUT2D eigenvalue weighted by atomic mass is 9.82. The lowest BCUT2D eigenvalue weighted by Gasteiger charge is -2.25. The largest absolute Gasteiger partial charge is 0.546 e. The van der Waals surface area contributed by atoms with E-state index in [2.05, 4.69) is 0 Å². The monoisotopic (exact) mass is 302 g/mol. The maximum Gasteiger partial charge on any atom is 0.339 e. The van der Waals surface area contributed by atoms with Gasteiger partial charge in [-0.3, -0.25) is 0 Å². The first-order chi connectivity index (χ1) is 9.71. The van der Waals surface area contributed by atoms with E-state index in [1.807, 2.05) is 64.2 Å². The second-order valence-corrected chi connectivity index (χ2v) is 8.90. The van der Waals surface area contributed by atoms with Crippen LogP contribution in [-0.4, -0.2) is 20.1 Å². The summed E-state index contributed by atoms with van der Waals surface area (Å²) in [5, 5.41) is 11.6. The average molecular weight is 302 g/mol. The first-order valence-electron chi connectivity index (χ1n) is 7.18. The Balaban J connectivity index is 2.91. The first-order valence-corrected chi connectivity index (χ1v) is 9.96. The van der Waals surface area contributed by atoms with Gasteiger partial charge in [0.15, 0.2) is 0 Å². The summed E-state index contributed by atoms with van der Waals surface area (Å²) in [6, 6.07) is 9.80. The van der Waals surface area contributed by atoms with Crippen LogP contribution in [0.3, 0.4) is 0 Å². The molecule has 0 radical (unpaired) electrons. The highest BCUT2D eigenvalue weighted by Gasteiger charge is 2.27. The van der Waals surface area contributed by atoms with Crippen LogP contribution in [-0.2, 0) is 5.41 Å². The molecule has 0 aliphatic carbocycles. The van der Waals surface area contributed by atoms with E-state index in [1.54, 1.807) is 0 Å². The standard InChI is InChI=1S/C17H22O3Si/c1-17(2,3)13-10-11-8-6-7-9-12(11)15(20-21(4)5)14(13)16(18)19/h6-10,21H,1-5H3,(H,18,19). The molecule has 2 aromatic carbocycles. The summed E-state index contributed by atoms with van der Waals surface area (Å²) in [7, 11) is -1.41. The summed E-state index contributed by atoms with van der Waals surface area (Å²) >= 11 is 0. The predicted molar refractivity (Wildman–Crippen MR) is 89.1 cm³/mol. The van der Waals surface area contributed by atoms with Gasteiger partial charge in [0, 0.05) is 5.39 Å². The molecule has 0 saturated carbocycles. The van der Waals surface area contributed by atoms with Crippen LogP contribution in [0, 0.1) is 0 Å². The van der Waals surface area contributed by atoms with Crippen LogP contribution < -0.4 is 4.43 Å². The van der Waals surface area contributed by atoms with E-state index in [4.69, 9.17) is 4.43 Å². The Bertz CT molecular complexity index is 684. The van der Waals surface area contributed by atoms with Crippen molar-refractivity contribution in [1.82, 2.24) is 0 Å². The Morgan fingerprint density at radius 1 is 1.19 bits per heavy atom. The molecule has 1 N–H and O–H groups in total. The van der Waals surface area contributed by atoms with Crippen molar-refractivity contribution in [1.29, 1.82) is 0 Å². The summed E-state index contributed by atoms with van der Waals surface area (Å²) < 4.78 is 6.01. The molecule has 0 atom stereocenters. The quantitative estimate of drug-likeness (QED) is 0.864. The number of carbonyl (C=O) groups is 1. The molecule has 0 bridgehead atoms. The number of benzene rings is 2. The van der Waals surface area contributed by atoms with Gasteiger partial charge in [0.25, 0.3) is 0 Å². The minimum Gasteiger partial charge on any atom is -0.546 e. The summed E-state index contributed by atoms with van der Waals surface area (Å²) in [6.45, 7) is 10.2. The van der Waals surface area contributed by atoms with Crippen molar-refractivity contribution in [3.8, 4) is 5.75 Å². The van der Waals surface area contributed by atoms with E-state index < -0.39 is 15.0 Å². The maximum absolute atomic E-state index is 11.8. The van der Waals surface area contributed by atoms with Gasteiger partial charge < -0.3 is 9.53 Å². The van der Waals surface area contributed by atoms with Gasteiger partial charge in [-0.05, 0) is 35.5 Å². The molecule has 2 rings (SSSR count). The fraction of sp³-hybridized carbons (Fsp3) is 0.353. The van der Waals surface area contributed by atoms with Gasteiger partial charge in [0.05, 0.1) is 0 Å². The molecule has 0 amide bonds. The van der Waals surface area contributed by atoms with Crippen LogP contribution in [0.5, 0.6) is 5.75 Å². The van der Waals surface area contributed by atoms with E-state index in [0.29, 0.717) is 11.3 Å². The minimum absolute atomic E-state index is 0.256. The Hall–Kier alpha value is -1.81. The zero-order valence-corrected chi connectivity index (χ0v) is 14.4. The molecule has 0 spiro atoms. The molecule has 0 heterocycles. The molecule has 0 aliphatic heterocycles. The van der Waals surface area contributed by atoms with Crippen molar-refractivity contribution in [2.75, 3.05) is 0 Å². The van der Waals surface area contributed by atoms with Gasteiger partial charge in [-0.25, -0.2) is 4.79 Å². The van der Waals surface area contributed by atoms with Crippen LogP contribution in [0.1, 0.15) is 36.7 Å². The Labute approximate surface area is 127 Å². The van der Waals surface area contributed by atoms with Crippen molar-refractivity contribution in [2.45, 2.75) is 39.3 Å². The van der Waals surface area contributed by atoms with Crippen molar-refractivity contribution < 1.29 is 14.3 Å². The van der Waals surface area contributed by atoms with Gasteiger partial charge in [-0.2, -0.15) is 0 Å². The zero-order chi connectivity index (χ0) is 15.8. The van der Waals surface area contributed by atoms with Crippen molar-refractivity contribution >= 4 is 25.8 Å². The van der Waals surface area contributed by atoms with Gasteiger partial charge in [0.2, 0.25) is 9.04 Å². The van der Waals surface area contributed by atoms with Crippen LogP contribution in [0.4, 0.5) is 0 Å². The minimum atomic E-state index is -1.41. The molecular weight excluding hydrogens is 280 g/mol. The molecule has 0 aliphatic rings. The van der Waals surface area contributed by atoms with Crippen LogP contribution >= 0.6 is 0 Å². The van der Waals surface area contributed by atoms with Gasteiger partial charge in [-0.15, -0.1) is 0 Å². The summed E-state index contributed by atoms with van der Waals surface area (Å²) in [4.78, 5) is 11.8. The second kappa shape index (κ2) is 5.52. The molecule has 3 nitrogen and oxygen atoms in total. The van der Waals surface area contributed by atoms with E-state index >= 15 is 0 Å². The number of aromatic carboxylic acids is 1. The van der Waals surface area contributed by atoms with Gasteiger partial charge in [0.1, 0.15) is 11.3 Å². The summed E-state index contributed by atoms with van der Waals surface area (Å²) in [5.41, 5.74) is 0.870. The Morgan fingerprint density at radius 3 is 2.33 bits per heavy atom. The third-order valence-corrected chi connectivity index (χ3v) is 4.08. The van der Waals surface area contributed by atoms with Crippen LogP contribution in [0.15, 0.2) is 30.3 Å². The van der Waals surface area contributed by atoms with E-state index in [9.17, 15) is 9.90 Å². The van der Waals surface area contributed by atoms with Crippen molar-refractivity contribution in [3.63, 3.8) is 0 Å². The first kappa shape index (κ1) is 15.6. The Morgan fingerprint density at radius 2 is 1.81 bits per heavy atom. The molecule has 0 fully saturated rings. The zero-order valence-electron chi connectivity index (χ0n) is 13.2. The Kier molecular flexibility index (Phi) is 4.10. The van der Waals surface area contributed by atoms with Crippen molar-refractivity contribution in [2.24, 2.45) is 0 Å². The highest BCUT2D eigenvalue weighted by molar-refractivity contribution is 6.49. The molecule has 2 aromatic rings. The third kappa shape index (κ3) is 3.10. The number of hydrogen-bond acceptors (Lipinski definition) is 2. The predicted octanol–water partition coefficient (Wildman–Crippen LogP) is 4.20. The highest BCUT2D eigenvalue weighted by Crippen LogP contribution is 2.38. The molecule has 0 unspecified atom stereocenters. The third-order valence-electron chi connectivity index (χ3n) is 3.38. The second-order valence-electron chi connectivity index (χ2n) is 6.57. The maximum atomic E-state index is 11.8. The molecule has 0 saturated heterocycles. The molecule has 4 heteroatoms. The smallest absolute Gasteiger partial charge is 0.339 e. The lowest BCUT2D eigenvalue weighted by molar-refractivity contribution is 0.0692. The molecular formula is C17H22O3Si. The van der Waals surface area contributed by atoms with Gasteiger partial charge in [-0.1, -0.05) is 45.0 Å². The van der Waals surface area contributed by atoms with E-state index in [-0.39, 0.29) is 5.41 Å². The number of carboxylic acids is 1. The normalized spacial score (nSPS) is 11.9. The van der Waals surface area contributed by atoms with Gasteiger partial charge >= 0.3 is 5.97 Å². The number of hydrogen-bond donors (Lipinski definition) is 1. The summed E-state index contributed by atoms with van der Waals surface area (Å²) in [6.07, 6.45) is 0. The average Bonchev–Trinajstić information content (AvgIpc) is 2.36. The molecule has 0 aromatic heterocycles. The number of fused-ring (bicyclic) bond motifs is 1.